The summed E-state index contributed by atoms with van der Waals surface area (Å²) in [7, 11) is 5.91. The molecule has 4 aromatic rings. The molecule has 0 unspecified atom stereocenters. The molecule has 154 valence electrons. The number of aromatic nitrogens is 2. The molecule has 4 rings (SSSR count). The molecule has 0 N–H and O–H groups in total. The average molecular weight is 419 g/mol. The van der Waals surface area contributed by atoms with E-state index < -0.39 is 0 Å². The third kappa shape index (κ3) is 4.78. The molecule has 0 saturated heterocycles. The number of methoxy groups -OCH3 is 1. The minimum absolute atomic E-state index is 0.794. The standard InChI is InChI=1S/C24H26N4OS/c1-27(2)13-14-28(17-18-5-4-6-21(15-18)29-3)24-26-22-8-7-20(16-23(22)30-24)19-9-11-25-12-10-19/h4-12,15-16H,13-14,17H2,1-3H3. The third-order valence-electron chi connectivity index (χ3n) is 4.99. The number of hydrogen-bond donors (Lipinski definition) is 0. The van der Waals surface area contributed by atoms with Gasteiger partial charge < -0.3 is 14.5 Å². The third-order valence-corrected chi connectivity index (χ3v) is 6.07. The first-order valence-electron chi connectivity index (χ1n) is 9.96. The monoisotopic (exact) mass is 418 g/mol. The van der Waals surface area contributed by atoms with Gasteiger partial charge in [0.2, 0.25) is 0 Å². The van der Waals surface area contributed by atoms with Crippen LogP contribution in [0, 0.1) is 0 Å². The summed E-state index contributed by atoms with van der Waals surface area (Å²) in [4.78, 5) is 13.6. The van der Waals surface area contributed by atoms with Crippen LogP contribution in [0.15, 0.2) is 67.0 Å². The van der Waals surface area contributed by atoms with Crippen molar-refractivity contribution in [3.05, 3.63) is 72.6 Å². The van der Waals surface area contributed by atoms with Gasteiger partial charge in [0.1, 0.15) is 5.75 Å². The van der Waals surface area contributed by atoms with Crippen molar-refractivity contribution in [2.45, 2.75) is 6.54 Å². The van der Waals surface area contributed by atoms with Crippen molar-refractivity contribution in [3.63, 3.8) is 0 Å². The van der Waals surface area contributed by atoms with Gasteiger partial charge in [-0.3, -0.25) is 4.98 Å². The molecule has 6 heteroatoms. The molecule has 0 aliphatic heterocycles. The Morgan fingerprint density at radius 1 is 0.933 bits per heavy atom. The van der Waals surface area contributed by atoms with E-state index in [0.717, 1.165) is 36.0 Å². The van der Waals surface area contributed by atoms with Gasteiger partial charge in [0.25, 0.3) is 0 Å². The van der Waals surface area contributed by atoms with Crippen LogP contribution in [0.4, 0.5) is 5.13 Å². The maximum atomic E-state index is 5.40. The largest absolute Gasteiger partial charge is 0.497 e. The highest BCUT2D eigenvalue weighted by Crippen LogP contribution is 2.33. The van der Waals surface area contributed by atoms with Crippen molar-refractivity contribution in [1.29, 1.82) is 0 Å². The summed E-state index contributed by atoms with van der Waals surface area (Å²) < 4.78 is 6.59. The summed E-state index contributed by atoms with van der Waals surface area (Å²) in [6.45, 7) is 2.66. The lowest BCUT2D eigenvalue weighted by molar-refractivity contribution is 0.410. The van der Waals surface area contributed by atoms with Crippen LogP contribution in [0.25, 0.3) is 21.3 Å². The Morgan fingerprint density at radius 3 is 2.53 bits per heavy atom. The summed E-state index contributed by atoms with van der Waals surface area (Å²) in [6, 6.07) is 18.8. The molecule has 0 amide bonds. The Balaban J connectivity index is 1.65. The molecule has 0 atom stereocenters. The zero-order chi connectivity index (χ0) is 20.9. The number of pyridine rings is 1. The molecule has 0 spiro atoms. The average Bonchev–Trinajstić information content (AvgIpc) is 3.20. The fraction of sp³-hybridized carbons (Fsp3) is 0.250. The van der Waals surface area contributed by atoms with Crippen LogP contribution in [-0.4, -0.2) is 49.2 Å². The Labute approximate surface area is 181 Å². The minimum Gasteiger partial charge on any atom is -0.497 e. The van der Waals surface area contributed by atoms with Gasteiger partial charge in [-0.05, 0) is 67.2 Å². The molecule has 0 aliphatic rings. The normalized spacial score (nSPS) is 11.2. The first kappa shape index (κ1) is 20.3. The Morgan fingerprint density at radius 2 is 1.77 bits per heavy atom. The molecule has 30 heavy (non-hydrogen) atoms. The van der Waals surface area contributed by atoms with Crippen molar-refractivity contribution in [1.82, 2.24) is 14.9 Å². The van der Waals surface area contributed by atoms with Gasteiger partial charge in [0.15, 0.2) is 5.13 Å². The SMILES string of the molecule is COc1cccc(CN(CCN(C)C)c2nc3ccc(-c4ccncc4)cc3s2)c1. The van der Waals surface area contributed by atoms with E-state index in [9.17, 15) is 0 Å². The lowest BCUT2D eigenvalue weighted by atomic mass is 10.1. The van der Waals surface area contributed by atoms with Crippen LogP contribution in [-0.2, 0) is 6.54 Å². The highest BCUT2D eigenvalue weighted by molar-refractivity contribution is 7.22. The molecule has 0 bridgehead atoms. The Hall–Kier alpha value is -2.96. The lowest BCUT2D eigenvalue weighted by Crippen LogP contribution is -2.31. The Kier molecular flexibility index (Phi) is 6.26. The van der Waals surface area contributed by atoms with Crippen molar-refractivity contribution in [2.75, 3.05) is 39.2 Å². The van der Waals surface area contributed by atoms with E-state index in [2.05, 4.69) is 59.2 Å². The molecule has 0 fully saturated rings. The Bertz CT molecular complexity index is 1110. The maximum absolute atomic E-state index is 5.40. The van der Waals surface area contributed by atoms with Crippen molar-refractivity contribution >= 4 is 26.7 Å². The highest BCUT2D eigenvalue weighted by atomic mass is 32.1. The van der Waals surface area contributed by atoms with E-state index >= 15 is 0 Å². The fourth-order valence-electron chi connectivity index (χ4n) is 3.33. The molecule has 2 aromatic heterocycles. The summed E-state index contributed by atoms with van der Waals surface area (Å²) in [5.74, 6) is 0.881. The quantitative estimate of drug-likeness (QED) is 0.406. The second-order valence-corrected chi connectivity index (χ2v) is 8.50. The minimum atomic E-state index is 0.794. The van der Waals surface area contributed by atoms with Gasteiger partial charge in [0, 0.05) is 32.0 Å². The van der Waals surface area contributed by atoms with Crippen molar-refractivity contribution in [3.8, 4) is 16.9 Å². The maximum Gasteiger partial charge on any atom is 0.186 e. The van der Waals surface area contributed by atoms with Crippen LogP contribution in [0.3, 0.4) is 0 Å². The number of likely N-dealkylation sites (N-methyl/N-ethyl adjacent to an activating group) is 1. The lowest BCUT2D eigenvalue weighted by Gasteiger charge is -2.24. The van der Waals surface area contributed by atoms with Crippen LogP contribution in [0.2, 0.25) is 0 Å². The predicted octanol–water partition coefficient (Wildman–Crippen LogP) is 4.94. The summed E-state index contributed by atoms with van der Waals surface area (Å²) in [5.41, 5.74) is 4.61. The van der Waals surface area contributed by atoms with Gasteiger partial charge in [0.05, 0.1) is 17.3 Å². The molecule has 2 aromatic carbocycles. The van der Waals surface area contributed by atoms with E-state index in [1.807, 2.05) is 36.7 Å². The van der Waals surface area contributed by atoms with Gasteiger partial charge >= 0.3 is 0 Å². The summed E-state index contributed by atoms with van der Waals surface area (Å²) in [6.07, 6.45) is 3.66. The number of rotatable bonds is 8. The second kappa shape index (κ2) is 9.24. The van der Waals surface area contributed by atoms with Gasteiger partial charge in [-0.1, -0.05) is 29.5 Å². The van der Waals surface area contributed by atoms with Crippen LogP contribution in [0.1, 0.15) is 5.56 Å². The van der Waals surface area contributed by atoms with Gasteiger partial charge in [-0.25, -0.2) is 4.98 Å². The first-order valence-corrected chi connectivity index (χ1v) is 10.8. The topological polar surface area (TPSA) is 41.5 Å². The number of anilines is 1. The van der Waals surface area contributed by atoms with Crippen LogP contribution < -0.4 is 9.64 Å². The summed E-state index contributed by atoms with van der Waals surface area (Å²) >= 11 is 1.74. The number of nitrogens with zero attached hydrogens (tertiary/aromatic N) is 4. The smallest absolute Gasteiger partial charge is 0.186 e. The van der Waals surface area contributed by atoms with Crippen molar-refractivity contribution < 1.29 is 4.74 Å². The van der Waals surface area contributed by atoms with Gasteiger partial charge in [-0.2, -0.15) is 0 Å². The number of ether oxygens (including phenoxy) is 1. The van der Waals surface area contributed by atoms with Crippen LogP contribution >= 0.6 is 11.3 Å². The number of fused-ring (bicyclic) bond motifs is 1. The molecule has 5 nitrogen and oxygen atoms in total. The molecule has 0 aliphatic carbocycles. The number of benzene rings is 2. The zero-order valence-electron chi connectivity index (χ0n) is 17.6. The second-order valence-electron chi connectivity index (χ2n) is 7.49. The molecular weight excluding hydrogens is 392 g/mol. The zero-order valence-corrected chi connectivity index (χ0v) is 18.4. The first-order chi connectivity index (χ1) is 14.6. The predicted molar refractivity (Wildman–Crippen MR) is 125 cm³/mol. The van der Waals surface area contributed by atoms with Crippen molar-refractivity contribution in [2.24, 2.45) is 0 Å². The molecular formula is C24H26N4OS. The van der Waals surface area contributed by atoms with E-state index in [1.54, 1.807) is 18.4 Å². The molecule has 0 radical (unpaired) electrons. The van der Waals surface area contributed by atoms with E-state index in [4.69, 9.17) is 9.72 Å². The van der Waals surface area contributed by atoms with E-state index in [0.29, 0.717) is 0 Å². The number of hydrogen-bond acceptors (Lipinski definition) is 6. The van der Waals surface area contributed by atoms with Crippen LogP contribution in [0.5, 0.6) is 5.75 Å². The van der Waals surface area contributed by atoms with E-state index in [1.165, 1.54) is 21.4 Å². The fourth-order valence-corrected chi connectivity index (χ4v) is 4.36. The highest BCUT2D eigenvalue weighted by Gasteiger charge is 2.14. The van der Waals surface area contributed by atoms with Gasteiger partial charge in [-0.15, -0.1) is 0 Å². The summed E-state index contributed by atoms with van der Waals surface area (Å²) in [5, 5.41) is 1.04. The number of thiazole rings is 1. The van der Waals surface area contributed by atoms with E-state index in [-0.39, 0.29) is 0 Å². The molecule has 2 heterocycles. The molecule has 0 saturated carbocycles.